The maximum Gasteiger partial charge on any atom is 0.344 e. The van der Waals surface area contributed by atoms with Crippen LogP contribution in [0.1, 0.15) is 11.1 Å². The maximum atomic E-state index is 11.8. The summed E-state index contributed by atoms with van der Waals surface area (Å²) in [5.41, 5.74) is 2.14. The van der Waals surface area contributed by atoms with E-state index in [4.69, 9.17) is 9.47 Å². The fourth-order valence-corrected chi connectivity index (χ4v) is 2.28. The second-order valence-corrected chi connectivity index (χ2v) is 5.20. The average Bonchev–Trinajstić information content (AvgIpc) is 3.02. The van der Waals surface area contributed by atoms with E-state index in [1.807, 2.05) is 60.7 Å². The monoisotopic (exact) mass is 310 g/mol. The summed E-state index contributed by atoms with van der Waals surface area (Å²) in [6.07, 6.45) is 0.240. The lowest BCUT2D eigenvalue weighted by Gasteiger charge is -2.08. The molecular weight excluding hydrogens is 292 g/mol. The van der Waals surface area contributed by atoms with Crippen molar-refractivity contribution in [3.8, 4) is 0 Å². The summed E-state index contributed by atoms with van der Waals surface area (Å²) >= 11 is 0. The second-order valence-electron chi connectivity index (χ2n) is 5.20. The molecule has 118 valence electrons. The summed E-state index contributed by atoms with van der Waals surface area (Å²) < 4.78 is 11.1. The van der Waals surface area contributed by atoms with Crippen LogP contribution >= 0.6 is 0 Å². The van der Waals surface area contributed by atoms with Gasteiger partial charge in [-0.3, -0.25) is 0 Å². The topological polar surface area (TPSA) is 59.9 Å². The van der Waals surface area contributed by atoms with Crippen molar-refractivity contribution >= 4 is 11.9 Å². The van der Waals surface area contributed by atoms with Gasteiger partial charge in [-0.15, -0.1) is 0 Å². The number of carbonyl (C=O) groups excluding carboxylic acids is 1. The van der Waals surface area contributed by atoms with Gasteiger partial charge in [0.05, 0.1) is 0 Å². The van der Waals surface area contributed by atoms with Crippen LogP contribution in [0.3, 0.4) is 0 Å². The van der Waals surface area contributed by atoms with Gasteiger partial charge < -0.3 is 14.8 Å². The molecule has 0 bridgehead atoms. The van der Waals surface area contributed by atoms with Crippen molar-refractivity contribution in [3.63, 3.8) is 0 Å². The van der Waals surface area contributed by atoms with Gasteiger partial charge in [-0.2, -0.15) is 4.99 Å². The zero-order valence-electron chi connectivity index (χ0n) is 12.6. The molecule has 1 saturated heterocycles. The van der Waals surface area contributed by atoms with Crippen molar-refractivity contribution in [2.75, 3.05) is 6.61 Å². The highest BCUT2D eigenvalue weighted by Gasteiger charge is 2.23. The number of nitrogens with zero attached hydrogens (tertiary/aromatic N) is 1. The summed E-state index contributed by atoms with van der Waals surface area (Å²) in [7, 11) is 0. The first-order valence-corrected chi connectivity index (χ1v) is 7.51. The van der Waals surface area contributed by atoms with Crippen LogP contribution in [-0.4, -0.2) is 24.8 Å². The Bertz CT molecular complexity index is 671. The van der Waals surface area contributed by atoms with Crippen LogP contribution in [-0.2, 0) is 22.4 Å². The Hall–Kier alpha value is -2.66. The van der Waals surface area contributed by atoms with Gasteiger partial charge in [-0.05, 0) is 11.1 Å². The van der Waals surface area contributed by atoms with Crippen LogP contribution in [0.25, 0.3) is 0 Å². The van der Waals surface area contributed by atoms with Gasteiger partial charge >= 0.3 is 6.03 Å². The lowest BCUT2D eigenvalue weighted by Crippen LogP contribution is -2.21. The molecule has 0 radical (unpaired) electrons. The summed E-state index contributed by atoms with van der Waals surface area (Å²) in [6, 6.07) is 19.2. The molecule has 0 aromatic heterocycles. The molecule has 2 amide bonds. The number of hydrogen-bond donors (Lipinski definition) is 1. The molecule has 3 rings (SSSR count). The standard InChI is InChI=1S/C18H18N2O3/c21-18(19-12-15-9-5-2-6-10-15)20-16-13-22-17(23-16)11-14-7-3-1-4-8-14/h1-10,17H,11-13H2,(H,19,21). The quantitative estimate of drug-likeness (QED) is 0.944. The van der Waals surface area contributed by atoms with E-state index in [-0.39, 0.29) is 6.61 Å². The Balaban J connectivity index is 1.48. The van der Waals surface area contributed by atoms with Gasteiger partial charge in [-0.1, -0.05) is 60.7 Å². The average molecular weight is 310 g/mol. The smallest absolute Gasteiger partial charge is 0.344 e. The number of nitrogens with one attached hydrogen (secondary N) is 1. The number of hydrogen-bond acceptors (Lipinski definition) is 3. The highest BCUT2D eigenvalue weighted by Crippen LogP contribution is 2.13. The van der Waals surface area contributed by atoms with Gasteiger partial charge in [0.25, 0.3) is 0 Å². The molecule has 2 aromatic carbocycles. The molecule has 2 aromatic rings. The minimum absolute atomic E-state index is 0.219. The van der Waals surface area contributed by atoms with Crippen LogP contribution in [0, 0.1) is 0 Å². The fraction of sp³-hybridized carbons (Fsp3) is 0.222. The molecule has 1 N–H and O–H groups in total. The molecule has 23 heavy (non-hydrogen) atoms. The SMILES string of the molecule is O=C(N=C1COC(Cc2ccccc2)O1)NCc1ccccc1. The molecule has 5 heteroatoms. The van der Waals surface area contributed by atoms with Gasteiger partial charge in [0, 0.05) is 13.0 Å². The molecule has 0 saturated carbocycles. The third kappa shape index (κ3) is 4.66. The number of aliphatic imine (C=N–C) groups is 1. The first-order chi connectivity index (χ1) is 11.3. The zero-order valence-corrected chi connectivity index (χ0v) is 12.6. The largest absolute Gasteiger partial charge is 0.449 e. The van der Waals surface area contributed by atoms with Gasteiger partial charge in [0.1, 0.15) is 6.61 Å². The summed E-state index contributed by atoms with van der Waals surface area (Å²) in [4.78, 5) is 15.7. The van der Waals surface area contributed by atoms with E-state index in [0.717, 1.165) is 11.1 Å². The van der Waals surface area contributed by atoms with Crippen molar-refractivity contribution < 1.29 is 14.3 Å². The van der Waals surface area contributed by atoms with E-state index in [0.29, 0.717) is 18.9 Å². The van der Waals surface area contributed by atoms with Gasteiger partial charge in [-0.25, -0.2) is 4.79 Å². The van der Waals surface area contributed by atoms with E-state index in [1.54, 1.807) is 0 Å². The zero-order chi connectivity index (χ0) is 15.9. The van der Waals surface area contributed by atoms with Crippen molar-refractivity contribution in [1.82, 2.24) is 5.32 Å². The van der Waals surface area contributed by atoms with E-state index in [9.17, 15) is 4.79 Å². The minimum atomic E-state index is -0.423. The first-order valence-electron chi connectivity index (χ1n) is 7.51. The van der Waals surface area contributed by atoms with Crippen LogP contribution in [0.15, 0.2) is 65.7 Å². The van der Waals surface area contributed by atoms with E-state index >= 15 is 0 Å². The lowest BCUT2D eigenvalue weighted by molar-refractivity contribution is -0.0208. The van der Waals surface area contributed by atoms with Crippen molar-refractivity contribution in [2.45, 2.75) is 19.3 Å². The van der Waals surface area contributed by atoms with Crippen molar-refractivity contribution in [3.05, 3.63) is 71.8 Å². The second kappa shape index (κ2) is 7.56. The van der Waals surface area contributed by atoms with Crippen molar-refractivity contribution in [1.29, 1.82) is 0 Å². The summed E-state index contributed by atoms with van der Waals surface area (Å²) in [5, 5.41) is 2.73. The number of ether oxygens (including phenoxy) is 2. The van der Waals surface area contributed by atoms with Crippen LogP contribution in [0.2, 0.25) is 0 Å². The highest BCUT2D eigenvalue weighted by molar-refractivity contribution is 5.91. The Morgan fingerprint density at radius 1 is 1.04 bits per heavy atom. The summed E-state index contributed by atoms with van der Waals surface area (Å²) in [5.74, 6) is 0.316. The molecule has 1 aliphatic rings. The van der Waals surface area contributed by atoms with E-state index in [1.165, 1.54) is 0 Å². The molecule has 1 fully saturated rings. The van der Waals surface area contributed by atoms with Crippen molar-refractivity contribution in [2.24, 2.45) is 4.99 Å². The number of carbonyl (C=O) groups is 1. The number of benzene rings is 2. The molecule has 1 aliphatic heterocycles. The Kier molecular flexibility index (Phi) is 5.01. The first kappa shape index (κ1) is 15.2. The molecule has 1 heterocycles. The molecule has 0 spiro atoms. The van der Waals surface area contributed by atoms with Crippen LogP contribution < -0.4 is 5.32 Å². The third-order valence-electron chi connectivity index (χ3n) is 3.42. The minimum Gasteiger partial charge on any atom is -0.449 e. The third-order valence-corrected chi connectivity index (χ3v) is 3.42. The Labute approximate surface area is 135 Å². The molecule has 1 unspecified atom stereocenters. The number of rotatable bonds is 4. The van der Waals surface area contributed by atoms with E-state index < -0.39 is 12.3 Å². The number of amides is 2. The van der Waals surface area contributed by atoms with Crippen LogP contribution in [0.5, 0.6) is 0 Å². The van der Waals surface area contributed by atoms with E-state index in [2.05, 4.69) is 10.3 Å². The molecular formula is C18H18N2O3. The summed E-state index contributed by atoms with van der Waals surface area (Å²) in [6.45, 7) is 0.654. The molecule has 5 nitrogen and oxygen atoms in total. The normalized spacial score (nSPS) is 18.6. The number of urea groups is 1. The van der Waals surface area contributed by atoms with Gasteiger partial charge in [0.15, 0.2) is 0 Å². The highest BCUT2D eigenvalue weighted by atomic mass is 16.7. The lowest BCUT2D eigenvalue weighted by atomic mass is 10.1. The van der Waals surface area contributed by atoms with Gasteiger partial charge in [0.2, 0.25) is 12.2 Å². The fourth-order valence-electron chi connectivity index (χ4n) is 2.28. The molecule has 0 aliphatic carbocycles. The Morgan fingerprint density at radius 2 is 1.70 bits per heavy atom. The predicted molar refractivity (Wildman–Crippen MR) is 87.1 cm³/mol. The molecule has 1 atom stereocenters. The predicted octanol–water partition coefficient (Wildman–Crippen LogP) is 2.91. The van der Waals surface area contributed by atoms with Crippen LogP contribution in [0.4, 0.5) is 4.79 Å². The maximum absolute atomic E-state index is 11.8. The Morgan fingerprint density at radius 3 is 2.39 bits per heavy atom.